The third kappa shape index (κ3) is 5.48. The summed E-state index contributed by atoms with van der Waals surface area (Å²) in [4.78, 5) is 36.5. The molecule has 8 heteroatoms. The van der Waals surface area contributed by atoms with Gasteiger partial charge in [0.25, 0.3) is 11.6 Å². The predicted molar refractivity (Wildman–Crippen MR) is 118 cm³/mol. The van der Waals surface area contributed by atoms with Gasteiger partial charge in [-0.25, -0.2) is 0 Å². The van der Waals surface area contributed by atoms with E-state index >= 15 is 0 Å². The molecule has 1 atom stereocenters. The number of nitrogens with zero attached hydrogens (tertiary/aromatic N) is 1. The molecule has 0 aliphatic rings. The number of esters is 1. The van der Waals surface area contributed by atoms with Crippen LogP contribution < -0.4 is 10.1 Å². The Morgan fingerprint density at radius 1 is 1.03 bits per heavy atom. The zero-order valence-corrected chi connectivity index (χ0v) is 17.6. The Morgan fingerprint density at radius 3 is 2.41 bits per heavy atom. The molecule has 0 saturated heterocycles. The number of rotatable bonds is 8. The van der Waals surface area contributed by atoms with Gasteiger partial charge in [0.1, 0.15) is 11.4 Å². The number of nitro benzene ring substituents is 1. The smallest absolute Gasteiger partial charge is 0.311 e. The van der Waals surface area contributed by atoms with Crippen LogP contribution in [-0.4, -0.2) is 23.9 Å². The fourth-order valence-electron chi connectivity index (χ4n) is 3.18. The Balaban J connectivity index is 1.85. The van der Waals surface area contributed by atoms with Crippen molar-refractivity contribution in [2.75, 3.05) is 12.4 Å². The molecule has 1 amide bonds. The first kappa shape index (κ1) is 22.5. The van der Waals surface area contributed by atoms with Gasteiger partial charge in [-0.3, -0.25) is 19.7 Å². The van der Waals surface area contributed by atoms with Gasteiger partial charge >= 0.3 is 5.97 Å². The molecule has 32 heavy (non-hydrogen) atoms. The first-order valence-corrected chi connectivity index (χ1v) is 9.81. The highest BCUT2D eigenvalue weighted by molar-refractivity contribution is 5.98. The lowest BCUT2D eigenvalue weighted by Gasteiger charge is -2.18. The largest absolute Gasteiger partial charge is 0.496 e. The number of hydrogen-bond acceptors (Lipinski definition) is 6. The number of anilines is 1. The van der Waals surface area contributed by atoms with Gasteiger partial charge in [0.05, 0.1) is 18.5 Å². The number of nitrogens with one attached hydrogen (secondary N) is 1. The predicted octanol–water partition coefficient (Wildman–Crippen LogP) is 4.38. The van der Waals surface area contributed by atoms with Crippen molar-refractivity contribution < 1.29 is 24.0 Å². The van der Waals surface area contributed by atoms with E-state index in [9.17, 15) is 19.7 Å². The number of aryl methyl sites for hydroxylation is 1. The molecular weight excluding hydrogens is 412 g/mol. The lowest BCUT2D eigenvalue weighted by Crippen LogP contribution is -2.26. The standard InChI is InChI=1S/C24H22N2O6/c1-16-12-13-19(20(14-16)26(29)30)25-24(28)23(17-8-4-3-5-9-17)32-22(27)15-18-10-6-7-11-21(18)31-2/h3-14,23H,15H2,1-2H3,(H,25,28). The number of methoxy groups -OCH3 is 1. The van der Waals surface area contributed by atoms with Crippen LogP contribution in [0, 0.1) is 17.0 Å². The van der Waals surface area contributed by atoms with Crippen molar-refractivity contribution in [1.82, 2.24) is 0 Å². The second-order valence-corrected chi connectivity index (χ2v) is 7.04. The van der Waals surface area contributed by atoms with Gasteiger partial charge in [-0.1, -0.05) is 54.6 Å². The van der Waals surface area contributed by atoms with E-state index in [1.165, 1.54) is 19.2 Å². The van der Waals surface area contributed by atoms with Crippen molar-refractivity contribution in [1.29, 1.82) is 0 Å². The van der Waals surface area contributed by atoms with Crippen molar-refractivity contribution in [3.8, 4) is 5.75 Å². The minimum atomic E-state index is -1.29. The fourth-order valence-corrected chi connectivity index (χ4v) is 3.18. The van der Waals surface area contributed by atoms with Crippen LogP contribution >= 0.6 is 0 Å². The number of hydrogen-bond donors (Lipinski definition) is 1. The van der Waals surface area contributed by atoms with Crippen molar-refractivity contribution >= 4 is 23.3 Å². The maximum absolute atomic E-state index is 13.0. The number of carbonyl (C=O) groups is 2. The van der Waals surface area contributed by atoms with Crippen LogP contribution in [-0.2, 0) is 20.7 Å². The van der Waals surface area contributed by atoms with Gasteiger partial charge in [-0.15, -0.1) is 0 Å². The van der Waals surface area contributed by atoms with Crippen molar-refractivity contribution in [2.45, 2.75) is 19.4 Å². The summed E-state index contributed by atoms with van der Waals surface area (Å²) in [5.41, 5.74) is 1.50. The molecule has 3 rings (SSSR count). The van der Waals surface area contributed by atoms with Crippen LogP contribution in [0.3, 0.4) is 0 Å². The highest BCUT2D eigenvalue weighted by atomic mass is 16.6. The molecular formula is C24H22N2O6. The van der Waals surface area contributed by atoms with E-state index in [0.29, 0.717) is 22.4 Å². The van der Waals surface area contributed by atoms with E-state index in [0.717, 1.165) is 0 Å². The Hall–Kier alpha value is -4.20. The monoisotopic (exact) mass is 434 g/mol. The summed E-state index contributed by atoms with van der Waals surface area (Å²) in [5, 5.41) is 13.9. The molecule has 0 fully saturated rings. The van der Waals surface area contributed by atoms with Crippen LogP contribution in [0.2, 0.25) is 0 Å². The second-order valence-electron chi connectivity index (χ2n) is 7.04. The SMILES string of the molecule is COc1ccccc1CC(=O)OC(C(=O)Nc1ccc(C)cc1[N+](=O)[O-])c1ccccc1. The Morgan fingerprint density at radius 2 is 1.72 bits per heavy atom. The third-order valence-electron chi connectivity index (χ3n) is 4.72. The average Bonchev–Trinajstić information content (AvgIpc) is 2.79. The lowest BCUT2D eigenvalue weighted by atomic mass is 10.1. The number of benzene rings is 3. The minimum Gasteiger partial charge on any atom is -0.496 e. The first-order valence-electron chi connectivity index (χ1n) is 9.81. The second kappa shape index (κ2) is 10.2. The first-order chi connectivity index (χ1) is 15.4. The van der Waals surface area contributed by atoms with Crippen LogP contribution in [0.1, 0.15) is 22.8 Å². The molecule has 3 aromatic rings. The molecule has 3 aromatic carbocycles. The maximum Gasteiger partial charge on any atom is 0.311 e. The average molecular weight is 434 g/mol. The highest BCUT2D eigenvalue weighted by Crippen LogP contribution is 2.28. The third-order valence-corrected chi connectivity index (χ3v) is 4.72. The molecule has 164 valence electrons. The lowest BCUT2D eigenvalue weighted by molar-refractivity contribution is -0.384. The topological polar surface area (TPSA) is 108 Å². The Bertz CT molecular complexity index is 1130. The quantitative estimate of drug-likeness (QED) is 0.320. The minimum absolute atomic E-state index is 0.0207. The number of amides is 1. The molecule has 1 unspecified atom stereocenters. The summed E-state index contributed by atoms with van der Waals surface area (Å²) >= 11 is 0. The normalized spacial score (nSPS) is 11.3. The van der Waals surface area contributed by atoms with E-state index in [4.69, 9.17) is 9.47 Å². The van der Waals surface area contributed by atoms with Crippen molar-refractivity contribution in [3.05, 3.63) is 99.6 Å². The fraction of sp³-hybridized carbons (Fsp3) is 0.167. The number of nitro groups is 1. The highest BCUT2D eigenvalue weighted by Gasteiger charge is 2.27. The molecule has 0 saturated carbocycles. The van der Waals surface area contributed by atoms with E-state index in [-0.39, 0.29) is 17.8 Å². The van der Waals surface area contributed by atoms with Gasteiger partial charge in [0.2, 0.25) is 6.10 Å². The number of para-hydroxylation sites is 1. The molecule has 0 radical (unpaired) electrons. The Kier molecular flexibility index (Phi) is 7.17. The molecule has 8 nitrogen and oxygen atoms in total. The number of ether oxygens (including phenoxy) is 2. The summed E-state index contributed by atoms with van der Waals surface area (Å²) in [5.74, 6) is -0.811. The summed E-state index contributed by atoms with van der Waals surface area (Å²) in [6.07, 6.45) is -1.40. The van der Waals surface area contributed by atoms with Crippen LogP contribution in [0.15, 0.2) is 72.8 Å². The van der Waals surface area contributed by atoms with Gasteiger partial charge in [0, 0.05) is 17.2 Å². The Labute approximate surface area is 184 Å². The molecule has 0 aliphatic carbocycles. The van der Waals surface area contributed by atoms with Crippen LogP contribution in [0.5, 0.6) is 5.75 Å². The van der Waals surface area contributed by atoms with Gasteiger partial charge < -0.3 is 14.8 Å². The van der Waals surface area contributed by atoms with Crippen molar-refractivity contribution in [3.63, 3.8) is 0 Å². The van der Waals surface area contributed by atoms with Crippen LogP contribution in [0.25, 0.3) is 0 Å². The van der Waals surface area contributed by atoms with Gasteiger partial charge in [-0.2, -0.15) is 0 Å². The van der Waals surface area contributed by atoms with Gasteiger partial charge in [-0.05, 0) is 24.6 Å². The molecule has 0 aliphatic heterocycles. The summed E-state index contributed by atoms with van der Waals surface area (Å²) in [6, 6.07) is 19.9. The zero-order valence-electron chi connectivity index (χ0n) is 17.6. The molecule has 1 N–H and O–H groups in total. The molecule has 0 spiro atoms. The van der Waals surface area contributed by atoms with E-state index in [2.05, 4.69) is 5.32 Å². The molecule has 0 aromatic heterocycles. The maximum atomic E-state index is 13.0. The molecule has 0 heterocycles. The number of carbonyl (C=O) groups excluding carboxylic acids is 2. The van der Waals surface area contributed by atoms with E-state index < -0.39 is 22.9 Å². The van der Waals surface area contributed by atoms with Crippen LogP contribution in [0.4, 0.5) is 11.4 Å². The van der Waals surface area contributed by atoms with Gasteiger partial charge in [0.15, 0.2) is 0 Å². The van der Waals surface area contributed by atoms with E-state index in [1.54, 1.807) is 67.6 Å². The van der Waals surface area contributed by atoms with E-state index in [1.807, 2.05) is 0 Å². The molecule has 0 bridgehead atoms. The van der Waals surface area contributed by atoms with Crippen molar-refractivity contribution in [2.24, 2.45) is 0 Å². The summed E-state index contributed by atoms with van der Waals surface area (Å²) < 4.78 is 10.8. The summed E-state index contributed by atoms with van der Waals surface area (Å²) in [6.45, 7) is 1.71. The summed E-state index contributed by atoms with van der Waals surface area (Å²) in [7, 11) is 1.50. The zero-order chi connectivity index (χ0) is 23.1.